The molecule has 1 saturated carbocycles. The van der Waals surface area contributed by atoms with Crippen LogP contribution in [0.4, 0.5) is 17.3 Å². The molecule has 3 fully saturated rings. The normalized spacial score (nSPS) is 23.0. The van der Waals surface area contributed by atoms with Crippen molar-refractivity contribution in [1.29, 1.82) is 0 Å². The van der Waals surface area contributed by atoms with Gasteiger partial charge in [0.15, 0.2) is 11.6 Å². The summed E-state index contributed by atoms with van der Waals surface area (Å²) in [7, 11) is 0. The van der Waals surface area contributed by atoms with Crippen LogP contribution in [-0.2, 0) is 19.2 Å². The van der Waals surface area contributed by atoms with E-state index in [1.807, 2.05) is 0 Å². The summed E-state index contributed by atoms with van der Waals surface area (Å²) in [5.41, 5.74) is 0.0705. The molecule has 10 nitrogen and oxygen atoms in total. The predicted molar refractivity (Wildman–Crippen MR) is 167 cm³/mol. The molecule has 0 N–H and O–H groups in total. The Labute approximate surface area is 250 Å². The molecule has 0 aromatic carbocycles. The van der Waals surface area contributed by atoms with Gasteiger partial charge in [0.25, 0.3) is 5.17 Å². The Hall–Kier alpha value is -2.50. The Balaban J connectivity index is 1.44. The van der Waals surface area contributed by atoms with Crippen LogP contribution in [0.2, 0.25) is 0 Å². The van der Waals surface area contributed by atoms with Crippen LogP contribution in [0, 0.1) is 11.8 Å². The second-order valence-electron chi connectivity index (χ2n) is 11.5. The number of hydrogen-bond donors (Lipinski definition) is 0. The average Bonchev–Trinajstić information content (AvgIpc) is 3.47. The van der Waals surface area contributed by atoms with E-state index in [9.17, 15) is 9.59 Å². The standard InChI is InChI=1S/C30H48N6O4S/c1-7-32(8-2)24-11-12-27(33(9-3)10-4)31-28(24)34-15-17-35(18-16-34)29(41)39-21-30-23(25(37)19-26(30)38)13-14-36(30)40-20-22(5)6/h11-12,22-23H,7-10,13-21H2,1-6H3. The van der Waals surface area contributed by atoms with E-state index in [0.717, 1.165) is 56.6 Å². The van der Waals surface area contributed by atoms with E-state index in [4.69, 9.17) is 26.8 Å². The SMILES string of the molecule is CCN(CC)c1ccc(N(CC)CC)c(N2CCN(C(=S)OCC34C(=O)CC(=O)C3CCN4OCC(C)C)CC2)n1. The number of fused-ring (bicyclic) bond motifs is 1. The highest BCUT2D eigenvalue weighted by Crippen LogP contribution is 2.43. The van der Waals surface area contributed by atoms with Gasteiger partial charge >= 0.3 is 0 Å². The van der Waals surface area contributed by atoms with Crippen LogP contribution in [0.1, 0.15) is 54.4 Å². The number of Topliss-reactive ketones (excluding diaryl/α,β-unsaturated/α-hetero) is 2. The Morgan fingerprint density at radius 1 is 1.02 bits per heavy atom. The van der Waals surface area contributed by atoms with Gasteiger partial charge in [0.1, 0.15) is 23.7 Å². The summed E-state index contributed by atoms with van der Waals surface area (Å²) in [6.07, 6.45) is 0.543. The van der Waals surface area contributed by atoms with Gasteiger partial charge in [-0.3, -0.25) is 14.4 Å². The molecule has 11 heteroatoms. The molecule has 4 rings (SSSR count). The average molecular weight is 589 g/mol. The molecule has 3 aliphatic rings. The maximum atomic E-state index is 13.2. The van der Waals surface area contributed by atoms with Crippen molar-refractivity contribution in [3.8, 4) is 0 Å². The second kappa shape index (κ2) is 13.6. The summed E-state index contributed by atoms with van der Waals surface area (Å²) in [5, 5.41) is 2.09. The first-order chi connectivity index (χ1) is 19.7. The number of hydrogen-bond acceptors (Lipinski definition) is 10. The number of rotatable bonds is 12. The topological polar surface area (TPSA) is 81.7 Å². The second-order valence-corrected chi connectivity index (χ2v) is 11.9. The largest absolute Gasteiger partial charge is 0.468 e. The molecule has 0 radical (unpaired) electrons. The van der Waals surface area contributed by atoms with Gasteiger partial charge in [-0.15, -0.1) is 0 Å². The number of nitrogens with zero attached hydrogens (tertiary/aromatic N) is 6. The van der Waals surface area contributed by atoms with Crippen molar-refractivity contribution < 1.29 is 19.2 Å². The highest BCUT2D eigenvalue weighted by Gasteiger charge is 2.63. The van der Waals surface area contributed by atoms with Crippen LogP contribution >= 0.6 is 12.2 Å². The Bertz CT molecular complexity index is 1090. The summed E-state index contributed by atoms with van der Waals surface area (Å²) in [6.45, 7) is 20.4. The summed E-state index contributed by atoms with van der Waals surface area (Å²) in [4.78, 5) is 46.0. The number of piperazine rings is 1. The van der Waals surface area contributed by atoms with Crippen molar-refractivity contribution in [1.82, 2.24) is 14.9 Å². The zero-order valence-corrected chi connectivity index (χ0v) is 26.5. The molecule has 1 aromatic heterocycles. The third-order valence-electron chi connectivity index (χ3n) is 8.70. The first-order valence-corrected chi connectivity index (χ1v) is 15.7. The molecule has 2 saturated heterocycles. The zero-order chi connectivity index (χ0) is 29.7. The highest BCUT2D eigenvalue weighted by atomic mass is 32.1. The fourth-order valence-electron chi connectivity index (χ4n) is 6.29. The number of thiocarbonyl (C=S) groups is 1. The molecule has 2 unspecified atom stereocenters. The first kappa shape index (κ1) is 31.4. The number of ether oxygens (including phenoxy) is 1. The molecule has 2 atom stereocenters. The predicted octanol–water partition coefficient (Wildman–Crippen LogP) is 3.39. The Kier molecular flexibility index (Phi) is 10.5. The molecular weight excluding hydrogens is 540 g/mol. The van der Waals surface area contributed by atoms with Gasteiger partial charge in [-0.2, -0.15) is 5.06 Å². The maximum Gasteiger partial charge on any atom is 0.259 e. The molecule has 1 aromatic rings. The van der Waals surface area contributed by atoms with Crippen LogP contribution in [-0.4, -0.2) is 109 Å². The molecule has 2 aliphatic heterocycles. The van der Waals surface area contributed by atoms with Crippen molar-refractivity contribution in [2.24, 2.45) is 11.8 Å². The van der Waals surface area contributed by atoms with E-state index in [0.29, 0.717) is 43.8 Å². The third kappa shape index (κ3) is 6.32. The van der Waals surface area contributed by atoms with E-state index in [1.165, 1.54) is 0 Å². The van der Waals surface area contributed by atoms with E-state index >= 15 is 0 Å². The van der Waals surface area contributed by atoms with Gasteiger partial charge in [-0.05, 0) is 64.4 Å². The van der Waals surface area contributed by atoms with E-state index in [2.05, 4.69) is 73.3 Å². The Morgan fingerprint density at radius 2 is 1.68 bits per heavy atom. The number of pyridine rings is 1. The number of aromatic nitrogens is 1. The molecule has 1 aliphatic carbocycles. The van der Waals surface area contributed by atoms with Gasteiger partial charge in [-0.1, -0.05) is 13.8 Å². The van der Waals surface area contributed by atoms with Crippen LogP contribution in [0.5, 0.6) is 0 Å². The van der Waals surface area contributed by atoms with E-state index in [-0.39, 0.29) is 24.6 Å². The molecule has 0 amide bonds. The lowest BCUT2D eigenvalue weighted by Gasteiger charge is -2.40. The van der Waals surface area contributed by atoms with Gasteiger partial charge in [-0.25, -0.2) is 4.98 Å². The van der Waals surface area contributed by atoms with Gasteiger partial charge in [0, 0.05) is 58.9 Å². The highest BCUT2D eigenvalue weighted by molar-refractivity contribution is 7.80. The van der Waals surface area contributed by atoms with Crippen LogP contribution in [0.3, 0.4) is 0 Å². The molecule has 0 bridgehead atoms. The van der Waals surface area contributed by atoms with Crippen molar-refractivity contribution in [2.75, 3.05) is 86.8 Å². The van der Waals surface area contributed by atoms with E-state index < -0.39 is 11.5 Å². The number of anilines is 3. The molecule has 3 heterocycles. The van der Waals surface area contributed by atoms with Gasteiger partial charge in [0.05, 0.1) is 24.6 Å². The lowest BCUT2D eigenvalue weighted by molar-refractivity contribution is -0.217. The molecule has 0 spiro atoms. The fraction of sp³-hybridized carbons (Fsp3) is 0.733. The summed E-state index contributed by atoms with van der Waals surface area (Å²) in [5.74, 6) is 1.77. The number of carbonyl (C=O) groups excluding carboxylic acids is 2. The fourth-order valence-corrected chi connectivity index (χ4v) is 6.53. The zero-order valence-electron chi connectivity index (χ0n) is 25.7. The minimum absolute atomic E-state index is 0.0165. The van der Waals surface area contributed by atoms with Crippen LogP contribution in [0.15, 0.2) is 12.1 Å². The van der Waals surface area contributed by atoms with Crippen molar-refractivity contribution in [3.05, 3.63) is 12.1 Å². The monoisotopic (exact) mass is 588 g/mol. The molecule has 41 heavy (non-hydrogen) atoms. The van der Waals surface area contributed by atoms with E-state index in [1.54, 1.807) is 5.06 Å². The van der Waals surface area contributed by atoms with Crippen LogP contribution < -0.4 is 14.7 Å². The number of carbonyl (C=O) groups is 2. The summed E-state index contributed by atoms with van der Waals surface area (Å²) < 4.78 is 6.16. The minimum atomic E-state index is -1.08. The Morgan fingerprint density at radius 3 is 2.29 bits per heavy atom. The van der Waals surface area contributed by atoms with Gasteiger partial charge in [0.2, 0.25) is 0 Å². The number of ketones is 2. The lowest BCUT2D eigenvalue weighted by Crippen LogP contribution is -2.56. The van der Waals surface area contributed by atoms with Gasteiger partial charge < -0.3 is 24.3 Å². The van der Waals surface area contributed by atoms with Crippen molar-refractivity contribution in [3.63, 3.8) is 0 Å². The van der Waals surface area contributed by atoms with Crippen molar-refractivity contribution in [2.45, 2.75) is 59.9 Å². The lowest BCUT2D eigenvalue weighted by atomic mass is 9.88. The maximum absolute atomic E-state index is 13.2. The number of hydroxylamine groups is 2. The molecule has 228 valence electrons. The van der Waals surface area contributed by atoms with Crippen LogP contribution in [0.25, 0.3) is 0 Å². The third-order valence-corrected chi connectivity index (χ3v) is 9.07. The summed E-state index contributed by atoms with van der Waals surface area (Å²) in [6, 6.07) is 4.33. The minimum Gasteiger partial charge on any atom is -0.468 e. The first-order valence-electron chi connectivity index (χ1n) is 15.3. The van der Waals surface area contributed by atoms with Crippen molar-refractivity contribution >= 4 is 46.3 Å². The molecular formula is C30H48N6O4S. The smallest absolute Gasteiger partial charge is 0.259 e. The quantitative estimate of drug-likeness (QED) is 0.266. The summed E-state index contributed by atoms with van der Waals surface area (Å²) >= 11 is 5.72.